The summed E-state index contributed by atoms with van der Waals surface area (Å²) in [6.45, 7) is 2.74. The molecule has 1 unspecified atom stereocenters. The zero-order valence-corrected chi connectivity index (χ0v) is 12.2. The van der Waals surface area contributed by atoms with Gasteiger partial charge in [-0.25, -0.2) is 0 Å². The molecule has 21 heavy (non-hydrogen) atoms. The molecule has 1 aromatic carbocycles. The quantitative estimate of drug-likeness (QED) is 0.712. The minimum atomic E-state index is -0.853. The Morgan fingerprint density at radius 1 is 1.38 bits per heavy atom. The van der Waals surface area contributed by atoms with Crippen molar-refractivity contribution in [3.63, 3.8) is 0 Å². The highest BCUT2D eigenvalue weighted by molar-refractivity contribution is 5.71. The third-order valence-corrected chi connectivity index (χ3v) is 3.87. The van der Waals surface area contributed by atoms with E-state index < -0.39 is 5.97 Å². The topological polar surface area (TPSA) is 70.0 Å². The average molecular weight is 293 g/mol. The van der Waals surface area contributed by atoms with E-state index in [1.807, 2.05) is 18.2 Å². The summed E-state index contributed by atoms with van der Waals surface area (Å²) in [5.41, 5.74) is 0.708. The molecule has 0 spiro atoms. The number of aliphatic hydroxyl groups excluding tert-OH is 1. The Labute approximate surface area is 125 Å². The summed E-state index contributed by atoms with van der Waals surface area (Å²) >= 11 is 0. The van der Waals surface area contributed by atoms with Crippen LogP contribution in [0.4, 0.5) is 0 Å². The van der Waals surface area contributed by atoms with Gasteiger partial charge in [0.05, 0.1) is 19.6 Å². The lowest BCUT2D eigenvalue weighted by Gasteiger charge is -2.22. The number of carbonyl (C=O) groups is 1. The third-order valence-electron chi connectivity index (χ3n) is 3.87. The van der Waals surface area contributed by atoms with Crippen LogP contribution in [-0.2, 0) is 11.2 Å². The molecule has 5 nitrogen and oxygen atoms in total. The molecule has 1 fully saturated rings. The van der Waals surface area contributed by atoms with Gasteiger partial charge in [-0.2, -0.15) is 0 Å². The number of para-hydroxylation sites is 1. The second-order valence-corrected chi connectivity index (χ2v) is 5.39. The molecular formula is C16H23NO4. The molecule has 1 atom stereocenters. The minimum absolute atomic E-state index is 0.0190. The van der Waals surface area contributed by atoms with Crippen molar-refractivity contribution in [2.45, 2.75) is 31.7 Å². The van der Waals surface area contributed by atoms with E-state index in [1.165, 1.54) is 0 Å². The zero-order chi connectivity index (χ0) is 15.1. The molecular weight excluding hydrogens is 270 g/mol. The fraction of sp³-hybridized carbons (Fsp3) is 0.562. The number of hydrogen-bond donors (Lipinski definition) is 2. The van der Waals surface area contributed by atoms with E-state index in [1.54, 1.807) is 6.07 Å². The van der Waals surface area contributed by atoms with Gasteiger partial charge in [0.1, 0.15) is 5.75 Å². The zero-order valence-electron chi connectivity index (χ0n) is 12.2. The van der Waals surface area contributed by atoms with Crippen molar-refractivity contribution in [2.24, 2.45) is 0 Å². The van der Waals surface area contributed by atoms with Crippen molar-refractivity contribution in [1.82, 2.24) is 4.90 Å². The van der Waals surface area contributed by atoms with E-state index in [4.69, 9.17) is 9.84 Å². The summed E-state index contributed by atoms with van der Waals surface area (Å²) in [5, 5.41) is 18.1. The summed E-state index contributed by atoms with van der Waals surface area (Å²) in [6.07, 6.45) is 3.07. The fourth-order valence-electron chi connectivity index (χ4n) is 2.80. The van der Waals surface area contributed by atoms with E-state index in [9.17, 15) is 9.90 Å². The van der Waals surface area contributed by atoms with Gasteiger partial charge in [0.2, 0.25) is 0 Å². The van der Waals surface area contributed by atoms with Gasteiger partial charge in [0.15, 0.2) is 0 Å². The lowest BCUT2D eigenvalue weighted by Crippen LogP contribution is -2.33. The Balaban J connectivity index is 1.77. The summed E-state index contributed by atoms with van der Waals surface area (Å²) in [6, 6.07) is 7.56. The normalized spacial score (nSPS) is 18.8. The first kappa shape index (κ1) is 15.8. The van der Waals surface area contributed by atoms with E-state index >= 15 is 0 Å². The average Bonchev–Trinajstić information content (AvgIpc) is 2.92. The Hall–Kier alpha value is -1.59. The Kier molecular flexibility index (Phi) is 6.02. The van der Waals surface area contributed by atoms with Gasteiger partial charge in [-0.1, -0.05) is 18.2 Å². The van der Waals surface area contributed by atoms with Crippen LogP contribution in [0.2, 0.25) is 0 Å². The molecule has 0 amide bonds. The molecule has 1 heterocycles. The first-order valence-corrected chi connectivity index (χ1v) is 7.48. The largest absolute Gasteiger partial charge is 0.493 e. The Bertz CT molecular complexity index is 463. The number of likely N-dealkylation sites (tertiary alicyclic amines) is 1. The van der Waals surface area contributed by atoms with Crippen LogP contribution >= 0.6 is 0 Å². The SMILES string of the molecule is O=C(O)Cc1ccccc1OCCCN1CCCC1CO. The molecule has 0 bridgehead atoms. The van der Waals surface area contributed by atoms with Crippen LogP contribution in [0.15, 0.2) is 24.3 Å². The van der Waals surface area contributed by atoms with Crippen LogP contribution in [0.3, 0.4) is 0 Å². The first-order chi connectivity index (χ1) is 10.2. The molecule has 0 aromatic heterocycles. The second-order valence-electron chi connectivity index (χ2n) is 5.39. The number of ether oxygens (including phenoxy) is 1. The molecule has 2 N–H and O–H groups in total. The van der Waals surface area contributed by atoms with Crippen LogP contribution in [0.5, 0.6) is 5.75 Å². The van der Waals surface area contributed by atoms with Crippen LogP contribution in [0.25, 0.3) is 0 Å². The highest BCUT2D eigenvalue weighted by Crippen LogP contribution is 2.20. The summed E-state index contributed by atoms with van der Waals surface area (Å²) in [7, 11) is 0. The van der Waals surface area contributed by atoms with Crippen molar-refractivity contribution < 1.29 is 19.7 Å². The molecule has 0 saturated carbocycles. The highest BCUT2D eigenvalue weighted by Gasteiger charge is 2.22. The molecule has 2 rings (SSSR count). The van der Waals surface area contributed by atoms with Gasteiger partial charge < -0.3 is 14.9 Å². The lowest BCUT2D eigenvalue weighted by atomic mass is 10.1. The van der Waals surface area contributed by atoms with Gasteiger partial charge in [0.25, 0.3) is 0 Å². The number of hydrogen-bond acceptors (Lipinski definition) is 4. The van der Waals surface area contributed by atoms with Crippen LogP contribution < -0.4 is 4.74 Å². The van der Waals surface area contributed by atoms with E-state index in [-0.39, 0.29) is 13.0 Å². The molecule has 0 aliphatic carbocycles. The number of aliphatic carboxylic acids is 1. The highest BCUT2D eigenvalue weighted by atomic mass is 16.5. The molecule has 0 radical (unpaired) electrons. The number of rotatable bonds is 8. The molecule has 1 aliphatic heterocycles. The van der Waals surface area contributed by atoms with Crippen molar-refractivity contribution >= 4 is 5.97 Å². The van der Waals surface area contributed by atoms with Crippen molar-refractivity contribution in [3.05, 3.63) is 29.8 Å². The lowest BCUT2D eigenvalue weighted by molar-refractivity contribution is -0.136. The monoisotopic (exact) mass is 293 g/mol. The van der Waals surface area contributed by atoms with Gasteiger partial charge in [-0.3, -0.25) is 9.69 Å². The number of benzene rings is 1. The van der Waals surface area contributed by atoms with Gasteiger partial charge in [-0.15, -0.1) is 0 Å². The molecule has 1 saturated heterocycles. The Morgan fingerprint density at radius 3 is 2.95 bits per heavy atom. The van der Waals surface area contributed by atoms with E-state index in [2.05, 4.69) is 4.90 Å². The summed E-state index contributed by atoms with van der Waals surface area (Å²) in [4.78, 5) is 13.1. The first-order valence-electron chi connectivity index (χ1n) is 7.48. The number of nitrogens with zero attached hydrogens (tertiary/aromatic N) is 1. The minimum Gasteiger partial charge on any atom is -0.493 e. The third kappa shape index (κ3) is 4.72. The molecule has 5 heteroatoms. The molecule has 1 aliphatic rings. The maximum atomic E-state index is 10.8. The van der Waals surface area contributed by atoms with Crippen molar-refractivity contribution in [2.75, 3.05) is 26.3 Å². The predicted molar refractivity (Wildman–Crippen MR) is 79.6 cm³/mol. The van der Waals surface area contributed by atoms with Crippen LogP contribution in [-0.4, -0.2) is 53.4 Å². The number of carboxylic acids is 1. The number of aliphatic hydroxyl groups is 1. The van der Waals surface area contributed by atoms with Crippen molar-refractivity contribution in [3.8, 4) is 5.75 Å². The molecule has 116 valence electrons. The van der Waals surface area contributed by atoms with Crippen LogP contribution in [0.1, 0.15) is 24.8 Å². The fourth-order valence-corrected chi connectivity index (χ4v) is 2.80. The Morgan fingerprint density at radius 2 is 2.19 bits per heavy atom. The summed E-state index contributed by atoms with van der Waals surface area (Å²) in [5.74, 6) is -0.200. The molecule has 1 aromatic rings. The second kappa shape index (κ2) is 8.00. The van der Waals surface area contributed by atoms with E-state index in [0.29, 0.717) is 24.0 Å². The van der Waals surface area contributed by atoms with Crippen molar-refractivity contribution in [1.29, 1.82) is 0 Å². The smallest absolute Gasteiger partial charge is 0.307 e. The van der Waals surface area contributed by atoms with Gasteiger partial charge >= 0.3 is 5.97 Å². The predicted octanol–water partition coefficient (Wildman–Crippen LogP) is 1.54. The van der Waals surface area contributed by atoms with Gasteiger partial charge in [0, 0.05) is 18.2 Å². The standard InChI is InChI=1S/C16H23NO4/c18-12-14-6-3-8-17(14)9-4-10-21-15-7-2-1-5-13(15)11-16(19)20/h1-2,5,7,14,18H,3-4,6,8-12H2,(H,19,20). The van der Waals surface area contributed by atoms with Crippen LogP contribution in [0, 0.1) is 0 Å². The summed E-state index contributed by atoms with van der Waals surface area (Å²) < 4.78 is 5.71. The maximum Gasteiger partial charge on any atom is 0.307 e. The van der Waals surface area contributed by atoms with Gasteiger partial charge in [-0.05, 0) is 31.9 Å². The maximum absolute atomic E-state index is 10.8. The van der Waals surface area contributed by atoms with E-state index in [0.717, 1.165) is 32.4 Å². The number of carboxylic acid groups (broad SMARTS) is 1.